The van der Waals surface area contributed by atoms with E-state index in [0.717, 1.165) is 19.1 Å². The fourth-order valence-corrected chi connectivity index (χ4v) is 3.59. The SMILES string of the molecule is CS(=O)(=O)c1ccc(OCCC(=O)N2CCCC(C(=O)NCCN)C2)cc1. The van der Waals surface area contributed by atoms with Crippen LogP contribution in [0.15, 0.2) is 29.2 Å². The third-order valence-electron chi connectivity index (χ3n) is 4.42. The number of ether oxygens (including phenoxy) is 1. The monoisotopic (exact) mass is 397 g/mol. The van der Waals surface area contributed by atoms with Gasteiger partial charge in [-0.15, -0.1) is 0 Å². The first kappa shape index (κ1) is 21.2. The van der Waals surface area contributed by atoms with Gasteiger partial charge >= 0.3 is 0 Å². The Morgan fingerprint density at radius 1 is 1.30 bits per heavy atom. The van der Waals surface area contributed by atoms with E-state index in [2.05, 4.69) is 5.32 Å². The Morgan fingerprint density at radius 3 is 2.63 bits per heavy atom. The number of nitrogens with two attached hydrogens (primary N) is 1. The fraction of sp³-hybridized carbons (Fsp3) is 0.556. The van der Waals surface area contributed by atoms with Crippen molar-refractivity contribution < 1.29 is 22.7 Å². The standard InChI is InChI=1S/C18H27N3O5S/c1-27(24,25)16-6-4-15(5-7-16)26-12-8-17(22)21-11-2-3-14(13-21)18(23)20-10-9-19/h4-7,14H,2-3,8-13,19H2,1H3,(H,20,23). The van der Waals surface area contributed by atoms with E-state index in [1.165, 1.54) is 12.1 Å². The Kier molecular flexibility index (Phi) is 7.61. The first-order valence-corrected chi connectivity index (χ1v) is 10.9. The van der Waals surface area contributed by atoms with E-state index in [0.29, 0.717) is 31.9 Å². The van der Waals surface area contributed by atoms with Crippen LogP contribution < -0.4 is 15.8 Å². The van der Waals surface area contributed by atoms with Gasteiger partial charge in [0.25, 0.3) is 0 Å². The number of piperidine rings is 1. The lowest BCUT2D eigenvalue weighted by molar-refractivity contribution is -0.136. The van der Waals surface area contributed by atoms with Crippen LogP contribution in [0.2, 0.25) is 0 Å². The predicted octanol–water partition coefficient (Wildman–Crippen LogP) is 0.173. The summed E-state index contributed by atoms with van der Waals surface area (Å²) in [5, 5.41) is 2.77. The molecule has 1 aromatic carbocycles. The lowest BCUT2D eigenvalue weighted by Gasteiger charge is -2.32. The van der Waals surface area contributed by atoms with E-state index < -0.39 is 9.84 Å². The molecule has 0 aliphatic carbocycles. The van der Waals surface area contributed by atoms with Crippen molar-refractivity contribution in [1.82, 2.24) is 10.2 Å². The molecule has 1 aliphatic heterocycles. The number of nitrogens with one attached hydrogen (secondary N) is 1. The average Bonchev–Trinajstić information content (AvgIpc) is 2.65. The quantitative estimate of drug-likeness (QED) is 0.646. The fourth-order valence-electron chi connectivity index (χ4n) is 2.95. The van der Waals surface area contributed by atoms with Gasteiger partial charge in [-0.3, -0.25) is 9.59 Å². The molecule has 1 saturated heterocycles. The minimum atomic E-state index is -3.24. The molecule has 0 aromatic heterocycles. The molecule has 1 unspecified atom stereocenters. The van der Waals surface area contributed by atoms with Crippen molar-refractivity contribution in [3.05, 3.63) is 24.3 Å². The smallest absolute Gasteiger partial charge is 0.226 e. The van der Waals surface area contributed by atoms with E-state index in [1.807, 2.05) is 0 Å². The third-order valence-corrected chi connectivity index (χ3v) is 5.55. The minimum absolute atomic E-state index is 0.0554. The Hall–Kier alpha value is -2.13. The molecule has 8 nitrogen and oxygen atoms in total. The molecule has 1 fully saturated rings. The highest BCUT2D eigenvalue weighted by atomic mass is 32.2. The highest BCUT2D eigenvalue weighted by Crippen LogP contribution is 2.18. The molecular weight excluding hydrogens is 370 g/mol. The first-order valence-electron chi connectivity index (χ1n) is 8.99. The van der Waals surface area contributed by atoms with Gasteiger partial charge in [-0.25, -0.2) is 8.42 Å². The summed E-state index contributed by atoms with van der Waals surface area (Å²) in [4.78, 5) is 26.3. The van der Waals surface area contributed by atoms with Gasteiger partial charge in [-0.2, -0.15) is 0 Å². The van der Waals surface area contributed by atoms with Gasteiger partial charge in [0, 0.05) is 32.4 Å². The first-order chi connectivity index (χ1) is 12.8. The maximum Gasteiger partial charge on any atom is 0.226 e. The molecule has 0 bridgehead atoms. The van der Waals surface area contributed by atoms with Crippen LogP contribution >= 0.6 is 0 Å². The van der Waals surface area contributed by atoms with Gasteiger partial charge < -0.3 is 20.7 Å². The van der Waals surface area contributed by atoms with Crippen molar-refractivity contribution >= 4 is 21.7 Å². The summed E-state index contributed by atoms with van der Waals surface area (Å²) in [5.41, 5.74) is 5.39. The van der Waals surface area contributed by atoms with E-state index in [-0.39, 0.29) is 35.7 Å². The molecule has 0 spiro atoms. The van der Waals surface area contributed by atoms with Crippen LogP contribution in [-0.2, 0) is 19.4 Å². The highest BCUT2D eigenvalue weighted by molar-refractivity contribution is 7.90. The van der Waals surface area contributed by atoms with Crippen LogP contribution in [0.3, 0.4) is 0 Å². The van der Waals surface area contributed by atoms with Gasteiger partial charge in [0.1, 0.15) is 5.75 Å². The summed E-state index contributed by atoms with van der Waals surface area (Å²) in [5.74, 6) is 0.200. The topological polar surface area (TPSA) is 119 Å². The molecule has 0 saturated carbocycles. The summed E-state index contributed by atoms with van der Waals surface area (Å²) < 4.78 is 28.4. The lowest BCUT2D eigenvalue weighted by Crippen LogP contribution is -2.46. The average molecular weight is 397 g/mol. The number of hydrogen-bond donors (Lipinski definition) is 2. The van der Waals surface area contributed by atoms with E-state index in [9.17, 15) is 18.0 Å². The summed E-state index contributed by atoms with van der Waals surface area (Å²) in [6.45, 7) is 2.08. The molecule has 150 valence electrons. The number of nitrogens with zero attached hydrogens (tertiary/aromatic N) is 1. The van der Waals surface area contributed by atoms with E-state index >= 15 is 0 Å². The van der Waals surface area contributed by atoms with Crippen molar-refractivity contribution in [2.45, 2.75) is 24.2 Å². The zero-order valence-electron chi connectivity index (χ0n) is 15.5. The molecular formula is C18H27N3O5S. The second kappa shape index (κ2) is 9.70. The van der Waals surface area contributed by atoms with Crippen LogP contribution in [0, 0.1) is 5.92 Å². The Morgan fingerprint density at radius 2 is 2.00 bits per heavy atom. The number of benzene rings is 1. The number of carbonyl (C=O) groups excluding carboxylic acids is 2. The second-order valence-electron chi connectivity index (χ2n) is 6.60. The minimum Gasteiger partial charge on any atom is -0.493 e. The number of likely N-dealkylation sites (tertiary alicyclic amines) is 1. The van der Waals surface area contributed by atoms with Crippen LogP contribution in [0.4, 0.5) is 0 Å². The summed E-state index contributed by atoms with van der Waals surface area (Å²) in [6.07, 6.45) is 2.90. The lowest BCUT2D eigenvalue weighted by atomic mass is 9.97. The predicted molar refractivity (Wildman–Crippen MR) is 101 cm³/mol. The van der Waals surface area contributed by atoms with Crippen LogP contribution in [0.5, 0.6) is 5.75 Å². The molecule has 27 heavy (non-hydrogen) atoms. The second-order valence-corrected chi connectivity index (χ2v) is 8.62. The van der Waals surface area contributed by atoms with E-state index in [1.54, 1.807) is 17.0 Å². The maximum atomic E-state index is 12.4. The van der Waals surface area contributed by atoms with Crippen molar-refractivity contribution in [3.8, 4) is 5.75 Å². The molecule has 2 amide bonds. The van der Waals surface area contributed by atoms with Crippen LogP contribution in [0.1, 0.15) is 19.3 Å². The van der Waals surface area contributed by atoms with Gasteiger partial charge in [0.05, 0.1) is 23.8 Å². The molecule has 1 heterocycles. The van der Waals surface area contributed by atoms with Crippen LogP contribution in [0.25, 0.3) is 0 Å². The Labute approximate surface area is 160 Å². The molecule has 0 radical (unpaired) electrons. The van der Waals surface area contributed by atoms with Crippen molar-refractivity contribution in [2.75, 3.05) is 39.0 Å². The van der Waals surface area contributed by atoms with Crippen LogP contribution in [-0.4, -0.2) is 64.2 Å². The summed E-state index contributed by atoms with van der Waals surface area (Å²) in [7, 11) is -3.24. The molecule has 1 atom stereocenters. The molecule has 3 N–H and O–H groups in total. The van der Waals surface area contributed by atoms with Crippen molar-refractivity contribution in [3.63, 3.8) is 0 Å². The van der Waals surface area contributed by atoms with Gasteiger partial charge in [-0.05, 0) is 37.1 Å². The largest absolute Gasteiger partial charge is 0.493 e. The number of rotatable bonds is 8. The number of sulfone groups is 1. The normalized spacial score (nSPS) is 17.4. The van der Waals surface area contributed by atoms with E-state index in [4.69, 9.17) is 10.5 Å². The highest BCUT2D eigenvalue weighted by Gasteiger charge is 2.27. The third kappa shape index (κ3) is 6.51. The summed E-state index contributed by atoms with van der Waals surface area (Å²) >= 11 is 0. The zero-order valence-corrected chi connectivity index (χ0v) is 16.3. The van der Waals surface area contributed by atoms with Gasteiger partial charge in [0.2, 0.25) is 11.8 Å². The van der Waals surface area contributed by atoms with Gasteiger partial charge in [-0.1, -0.05) is 0 Å². The zero-order chi connectivity index (χ0) is 19.9. The Balaban J connectivity index is 1.79. The van der Waals surface area contributed by atoms with Gasteiger partial charge in [0.15, 0.2) is 9.84 Å². The summed E-state index contributed by atoms with van der Waals surface area (Å²) in [6, 6.07) is 6.09. The van der Waals surface area contributed by atoms with Crippen molar-refractivity contribution in [2.24, 2.45) is 11.7 Å². The molecule has 1 aromatic rings. The Bertz CT molecular complexity index is 749. The number of hydrogen-bond acceptors (Lipinski definition) is 6. The molecule has 9 heteroatoms. The number of carbonyl (C=O) groups is 2. The molecule has 2 rings (SSSR count). The maximum absolute atomic E-state index is 12.4. The molecule has 1 aliphatic rings. The van der Waals surface area contributed by atoms with Crippen molar-refractivity contribution in [1.29, 1.82) is 0 Å². The number of amides is 2.